The van der Waals surface area contributed by atoms with Gasteiger partial charge in [0.25, 0.3) is 0 Å². The quantitative estimate of drug-likeness (QED) is 0.137. The molecule has 3 nitrogen and oxygen atoms in total. The molecule has 1 heterocycles. The van der Waals surface area contributed by atoms with Crippen molar-refractivity contribution >= 4 is 27.8 Å². The van der Waals surface area contributed by atoms with Crippen LogP contribution in [0.15, 0.2) is 261 Å². The molecule has 0 aliphatic rings. The van der Waals surface area contributed by atoms with Gasteiger partial charge in [0.15, 0.2) is 5.82 Å². The second-order valence-electron chi connectivity index (χ2n) is 16.2. The van der Waals surface area contributed by atoms with E-state index in [4.69, 9.17) is 9.97 Å². The molecule has 0 spiro atoms. The monoisotopic (exact) mass is 829 g/mol. The van der Waals surface area contributed by atoms with E-state index in [0.29, 0.717) is 5.82 Å². The Morgan fingerprint density at radius 3 is 1.05 bits per heavy atom. The maximum absolute atomic E-state index is 5.11. The van der Waals surface area contributed by atoms with Crippen molar-refractivity contribution in [3.63, 3.8) is 0 Å². The van der Waals surface area contributed by atoms with Crippen molar-refractivity contribution in [2.45, 2.75) is 0 Å². The molecular formula is C62H43N3. The molecule has 11 rings (SSSR count). The van der Waals surface area contributed by atoms with E-state index in [-0.39, 0.29) is 0 Å². The Morgan fingerprint density at radius 1 is 0.246 bits per heavy atom. The second kappa shape index (κ2) is 17.6. The Bertz CT molecular complexity index is 3340. The molecule has 0 saturated heterocycles. The number of anilines is 3. The molecule has 10 aromatic carbocycles. The largest absolute Gasteiger partial charge is 0.311 e. The highest BCUT2D eigenvalue weighted by molar-refractivity contribution is 5.96. The summed E-state index contributed by atoms with van der Waals surface area (Å²) in [4.78, 5) is 12.6. The van der Waals surface area contributed by atoms with Gasteiger partial charge in [0.1, 0.15) is 0 Å². The van der Waals surface area contributed by atoms with Gasteiger partial charge >= 0.3 is 0 Å². The smallest absolute Gasteiger partial charge is 0.160 e. The molecule has 0 radical (unpaired) electrons. The van der Waals surface area contributed by atoms with Gasteiger partial charge < -0.3 is 4.90 Å². The average molecular weight is 830 g/mol. The van der Waals surface area contributed by atoms with Gasteiger partial charge in [0, 0.05) is 33.8 Å². The first-order chi connectivity index (χ1) is 32.2. The highest BCUT2D eigenvalue weighted by Crippen LogP contribution is 2.39. The number of nitrogens with zero attached hydrogens (tertiary/aromatic N) is 3. The number of benzene rings is 10. The summed E-state index contributed by atoms with van der Waals surface area (Å²) in [5.41, 5.74) is 17.6. The number of hydrogen-bond acceptors (Lipinski definition) is 3. The van der Waals surface area contributed by atoms with E-state index in [0.717, 1.165) is 56.3 Å². The van der Waals surface area contributed by atoms with Crippen molar-refractivity contribution in [1.82, 2.24) is 9.97 Å². The number of aromatic nitrogens is 2. The zero-order valence-electron chi connectivity index (χ0n) is 35.7. The summed E-state index contributed by atoms with van der Waals surface area (Å²) in [5.74, 6) is 0.706. The molecule has 11 aromatic rings. The van der Waals surface area contributed by atoms with Crippen molar-refractivity contribution in [3.8, 4) is 78.4 Å². The van der Waals surface area contributed by atoms with E-state index in [1.54, 1.807) is 0 Å². The Hall–Kier alpha value is -8.66. The zero-order chi connectivity index (χ0) is 43.4. The lowest BCUT2D eigenvalue weighted by Gasteiger charge is -2.26. The molecule has 0 aliphatic heterocycles. The topological polar surface area (TPSA) is 29.0 Å². The average Bonchev–Trinajstić information content (AvgIpc) is 3.40. The summed E-state index contributed by atoms with van der Waals surface area (Å²) in [6.07, 6.45) is 0. The molecule has 3 heteroatoms. The minimum absolute atomic E-state index is 0.706. The van der Waals surface area contributed by atoms with Crippen LogP contribution < -0.4 is 4.90 Å². The normalized spacial score (nSPS) is 11.1. The van der Waals surface area contributed by atoms with Crippen LogP contribution in [0.4, 0.5) is 17.1 Å². The minimum atomic E-state index is 0.706. The van der Waals surface area contributed by atoms with Gasteiger partial charge in [0.05, 0.1) is 11.4 Å². The summed E-state index contributed by atoms with van der Waals surface area (Å²) in [6.45, 7) is 0. The van der Waals surface area contributed by atoms with Crippen LogP contribution in [0.5, 0.6) is 0 Å². The third kappa shape index (κ3) is 8.23. The number of rotatable bonds is 10. The summed E-state index contributed by atoms with van der Waals surface area (Å²) >= 11 is 0. The maximum atomic E-state index is 5.11. The van der Waals surface area contributed by atoms with Crippen LogP contribution in [0.1, 0.15) is 0 Å². The van der Waals surface area contributed by atoms with Gasteiger partial charge in [-0.05, 0) is 97.7 Å². The van der Waals surface area contributed by atoms with Crippen molar-refractivity contribution in [2.75, 3.05) is 4.90 Å². The van der Waals surface area contributed by atoms with Crippen LogP contribution in [0.3, 0.4) is 0 Å². The summed E-state index contributed by atoms with van der Waals surface area (Å²) in [5, 5.41) is 2.35. The molecule has 0 fully saturated rings. The fourth-order valence-corrected chi connectivity index (χ4v) is 8.70. The van der Waals surface area contributed by atoms with E-state index in [2.05, 4.69) is 248 Å². The molecule has 1 aromatic heterocycles. The third-order valence-corrected chi connectivity index (χ3v) is 12.1. The van der Waals surface area contributed by atoms with Crippen LogP contribution in [0.25, 0.3) is 89.2 Å². The van der Waals surface area contributed by atoms with E-state index < -0.39 is 0 Å². The molecule has 0 bridgehead atoms. The second-order valence-corrected chi connectivity index (χ2v) is 16.2. The van der Waals surface area contributed by atoms with E-state index >= 15 is 0 Å². The fraction of sp³-hybridized carbons (Fsp3) is 0. The first-order valence-corrected chi connectivity index (χ1v) is 22.1. The molecule has 0 N–H and O–H groups in total. The summed E-state index contributed by atoms with van der Waals surface area (Å²) in [7, 11) is 0. The highest BCUT2D eigenvalue weighted by Gasteiger charge is 2.16. The number of fused-ring (bicyclic) bond motifs is 1. The lowest BCUT2D eigenvalue weighted by molar-refractivity contribution is 1.18. The first-order valence-electron chi connectivity index (χ1n) is 22.1. The van der Waals surface area contributed by atoms with Crippen LogP contribution >= 0.6 is 0 Å². The SMILES string of the molecule is c1ccc(-c2ccc(-c3ccc(N(c4ccc(-c5ccccc5)cc4)c4ccc(-c5ccc(-c6cc(-c7cccc8ccccc78)nc(-c7ccccc7)n6)cc5)cc4)cc3)cc2)cc1. The number of hydrogen-bond donors (Lipinski definition) is 0. The first kappa shape index (κ1) is 39.2. The van der Waals surface area contributed by atoms with E-state index in [1.807, 2.05) is 18.2 Å². The van der Waals surface area contributed by atoms with Crippen molar-refractivity contribution in [3.05, 3.63) is 261 Å². The van der Waals surface area contributed by atoms with Gasteiger partial charge in [0.2, 0.25) is 0 Å². The Labute approximate surface area is 380 Å². The Balaban J connectivity index is 0.904. The molecular weight excluding hydrogens is 787 g/mol. The van der Waals surface area contributed by atoms with Crippen LogP contribution in [0.2, 0.25) is 0 Å². The fourth-order valence-electron chi connectivity index (χ4n) is 8.70. The van der Waals surface area contributed by atoms with Gasteiger partial charge in [-0.25, -0.2) is 9.97 Å². The predicted octanol–water partition coefficient (Wildman–Crippen LogP) is 16.8. The van der Waals surface area contributed by atoms with Crippen molar-refractivity contribution in [1.29, 1.82) is 0 Å². The zero-order valence-corrected chi connectivity index (χ0v) is 35.7. The van der Waals surface area contributed by atoms with Crippen molar-refractivity contribution < 1.29 is 0 Å². The molecule has 0 amide bonds. The van der Waals surface area contributed by atoms with Gasteiger partial charge in [-0.3, -0.25) is 0 Å². The molecule has 306 valence electrons. The Morgan fingerprint density at radius 2 is 0.585 bits per heavy atom. The standard InChI is InChI=1S/C62H43N3/c1-4-13-44(14-5-1)46-23-25-47(26-24-46)50-33-39-56(40-34-50)65(55-37-31-49(32-38-55)45-15-6-2-7-16-45)57-41-35-51(36-42-57)48-27-29-53(30-28-48)60-43-61(64-62(63-60)54-18-8-3-9-19-54)59-22-12-20-52-17-10-11-21-58(52)59/h1-43H. The molecule has 0 atom stereocenters. The van der Waals surface area contributed by atoms with Crippen molar-refractivity contribution in [2.24, 2.45) is 0 Å². The highest BCUT2D eigenvalue weighted by atomic mass is 15.1. The van der Waals surface area contributed by atoms with Gasteiger partial charge in [-0.2, -0.15) is 0 Å². The maximum Gasteiger partial charge on any atom is 0.160 e. The molecule has 0 unspecified atom stereocenters. The third-order valence-electron chi connectivity index (χ3n) is 12.1. The lowest BCUT2D eigenvalue weighted by atomic mass is 9.99. The predicted molar refractivity (Wildman–Crippen MR) is 272 cm³/mol. The molecule has 0 saturated carbocycles. The van der Waals surface area contributed by atoms with Crippen LogP contribution in [-0.2, 0) is 0 Å². The minimum Gasteiger partial charge on any atom is -0.311 e. The van der Waals surface area contributed by atoms with Gasteiger partial charge in [-0.1, -0.05) is 218 Å². The lowest BCUT2D eigenvalue weighted by Crippen LogP contribution is -2.09. The molecule has 65 heavy (non-hydrogen) atoms. The van der Waals surface area contributed by atoms with Crippen LogP contribution in [-0.4, -0.2) is 9.97 Å². The Kier molecular flexibility index (Phi) is 10.6. The van der Waals surface area contributed by atoms with Gasteiger partial charge in [-0.15, -0.1) is 0 Å². The summed E-state index contributed by atoms with van der Waals surface area (Å²) in [6, 6.07) is 92.5. The molecule has 0 aliphatic carbocycles. The van der Waals surface area contributed by atoms with E-state index in [1.165, 1.54) is 44.2 Å². The van der Waals surface area contributed by atoms with E-state index in [9.17, 15) is 0 Å². The van der Waals surface area contributed by atoms with Crippen LogP contribution in [0, 0.1) is 0 Å². The summed E-state index contributed by atoms with van der Waals surface area (Å²) < 4.78 is 0.